The molecule has 1 aliphatic rings. The molecule has 0 amide bonds. The molecule has 15 heavy (non-hydrogen) atoms. The standard InChI is InChI=1S/C11H11FO3/c1-6(13)7-4-5-8-10(9(7)12)15-11(2,3)14-8/h4-5H,1-3H3. The summed E-state index contributed by atoms with van der Waals surface area (Å²) in [6.07, 6.45) is 0. The van der Waals surface area contributed by atoms with Crippen molar-refractivity contribution in [2.75, 3.05) is 0 Å². The Bertz CT molecular complexity index is 438. The van der Waals surface area contributed by atoms with Gasteiger partial charge in [-0.2, -0.15) is 0 Å². The molecule has 1 aromatic carbocycles. The Hall–Kier alpha value is -1.58. The Labute approximate surface area is 86.8 Å². The number of ether oxygens (including phenoxy) is 2. The highest BCUT2D eigenvalue weighted by Crippen LogP contribution is 2.42. The first-order valence-electron chi connectivity index (χ1n) is 4.62. The van der Waals surface area contributed by atoms with Gasteiger partial charge >= 0.3 is 0 Å². The van der Waals surface area contributed by atoms with Gasteiger partial charge in [0, 0.05) is 13.8 Å². The molecule has 1 heterocycles. The van der Waals surface area contributed by atoms with Crippen molar-refractivity contribution in [1.29, 1.82) is 0 Å². The van der Waals surface area contributed by atoms with Crippen molar-refractivity contribution in [1.82, 2.24) is 0 Å². The van der Waals surface area contributed by atoms with Crippen molar-refractivity contribution in [3.8, 4) is 11.5 Å². The third-order valence-electron chi connectivity index (χ3n) is 2.14. The number of ketones is 1. The summed E-state index contributed by atoms with van der Waals surface area (Å²) in [5.41, 5.74) is 0.0232. The second-order valence-electron chi connectivity index (χ2n) is 3.91. The summed E-state index contributed by atoms with van der Waals surface area (Å²) in [7, 11) is 0. The van der Waals surface area contributed by atoms with Crippen molar-refractivity contribution in [3.63, 3.8) is 0 Å². The van der Waals surface area contributed by atoms with Gasteiger partial charge in [-0.25, -0.2) is 4.39 Å². The zero-order valence-corrected chi connectivity index (χ0v) is 8.76. The van der Waals surface area contributed by atoms with Crippen LogP contribution in [-0.4, -0.2) is 11.6 Å². The van der Waals surface area contributed by atoms with Crippen LogP contribution in [0.5, 0.6) is 11.5 Å². The van der Waals surface area contributed by atoms with Gasteiger partial charge in [0.1, 0.15) is 0 Å². The molecule has 0 radical (unpaired) electrons. The summed E-state index contributed by atoms with van der Waals surface area (Å²) in [5, 5.41) is 0. The Morgan fingerprint density at radius 1 is 1.33 bits per heavy atom. The molecule has 0 saturated carbocycles. The molecule has 0 aromatic heterocycles. The number of benzene rings is 1. The molecule has 0 bridgehead atoms. The lowest BCUT2D eigenvalue weighted by molar-refractivity contribution is -0.0445. The van der Waals surface area contributed by atoms with Crippen LogP contribution in [0.3, 0.4) is 0 Å². The van der Waals surface area contributed by atoms with Crippen LogP contribution in [0.2, 0.25) is 0 Å². The van der Waals surface area contributed by atoms with Gasteiger partial charge in [-0.3, -0.25) is 4.79 Å². The number of Topliss-reactive ketones (excluding diaryl/α,β-unsaturated/α-hetero) is 1. The summed E-state index contributed by atoms with van der Waals surface area (Å²) in [4.78, 5) is 11.1. The van der Waals surface area contributed by atoms with Crippen molar-refractivity contribution in [2.24, 2.45) is 0 Å². The highest BCUT2D eigenvalue weighted by Gasteiger charge is 2.35. The molecule has 0 fully saturated rings. The van der Waals surface area contributed by atoms with Crippen LogP contribution < -0.4 is 9.47 Å². The van der Waals surface area contributed by atoms with E-state index < -0.39 is 11.6 Å². The molecule has 0 unspecified atom stereocenters. The van der Waals surface area contributed by atoms with E-state index in [4.69, 9.17) is 9.47 Å². The Morgan fingerprint density at radius 2 is 2.00 bits per heavy atom. The maximum atomic E-state index is 13.7. The Kier molecular flexibility index (Phi) is 1.96. The molecule has 0 atom stereocenters. The highest BCUT2D eigenvalue weighted by molar-refractivity contribution is 5.95. The van der Waals surface area contributed by atoms with Crippen LogP contribution in [0.15, 0.2) is 12.1 Å². The summed E-state index contributed by atoms with van der Waals surface area (Å²) >= 11 is 0. The number of hydrogen-bond acceptors (Lipinski definition) is 3. The Morgan fingerprint density at radius 3 is 2.60 bits per heavy atom. The van der Waals surface area contributed by atoms with Crippen LogP contribution >= 0.6 is 0 Å². The first-order valence-corrected chi connectivity index (χ1v) is 4.62. The van der Waals surface area contributed by atoms with Gasteiger partial charge in [0.2, 0.25) is 11.5 Å². The number of fused-ring (bicyclic) bond motifs is 1. The maximum Gasteiger partial charge on any atom is 0.246 e. The average Bonchev–Trinajstić information content (AvgIpc) is 2.40. The molecular formula is C11H11FO3. The zero-order valence-electron chi connectivity index (χ0n) is 8.76. The van der Waals surface area contributed by atoms with E-state index in [0.717, 1.165) is 0 Å². The fourth-order valence-electron chi connectivity index (χ4n) is 1.52. The topological polar surface area (TPSA) is 35.5 Å². The number of hydrogen-bond donors (Lipinski definition) is 0. The third-order valence-corrected chi connectivity index (χ3v) is 2.14. The second-order valence-corrected chi connectivity index (χ2v) is 3.91. The highest BCUT2D eigenvalue weighted by atomic mass is 19.1. The molecule has 0 saturated heterocycles. The summed E-state index contributed by atoms with van der Waals surface area (Å²) in [6.45, 7) is 4.67. The lowest BCUT2D eigenvalue weighted by atomic mass is 10.1. The van der Waals surface area contributed by atoms with Crippen molar-refractivity contribution >= 4 is 5.78 Å². The van der Waals surface area contributed by atoms with Gasteiger partial charge < -0.3 is 9.47 Å². The second kappa shape index (κ2) is 2.95. The third kappa shape index (κ3) is 1.56. The molecule has 4 heteroatoms. The van der Waals surface area contributed by atoms with Gasteiger partial charge in [-0.05, 0) is 19.1 Å². The molecule has 0 spiro atoms. The van der Waals surface area contributed by atoms with E-state index in [1.807, 2.05) is 0 Å². The normalized spacial score (nSPS) is 16.5. The number of carbonyl (C=O) groups is 1. The first kappa shape index (κ1) is 9.96. The van der Waals surface area contributed by atoms with Crippen LogP contribution in [0.25, 0.3) is 0 Å². The number of carbonyl (C=O) groups excluding carboxylic acids is 1. The van der Waals surface area contributed by atoms with E-state index in [9.17, 15) is 9.18 Å². The molecule has 1 aromatic rings. The minimum Gasteiger partial charge on any atom is -0.449 e. The summed E-state index contributed by atoms with van der Waals surface area (Å²) < 4.78 is 24.3. The van der Waals surface area contributed by atoms with Crippen molar-refractivity contribution < 1.29 is 18.7 Å². The predicted octanol–water partition coefficient (Wildman–Crippen LogP) is 2.54. The average molecular weight is 210 g/mol. The quantitative estimate of drug-likeness (QED) is 0.668. The van der Waals surface area contributed by atoms with Gasteiger partial charge in [-0.1, -0.05) is 0 Å². The maximum absolute atomic E-state index is 13.7. The molecule has 3 nitrogen and oxygen atoms in total. The van der Waals surface area contributed by atoms with Gasteiger partial charge in [0.15, 0.2) is 17.3 Å². The summed E-state index contributed by atoms with van der Waals surface area (Å²) in [5.74, 6) is -1.50. The van der Waals surface area contributed by atoms with Crippen LogP contribution in [-0.2, 0) is 0 Å². The fraction of sp³-hybridized carbons (Fsp3) is 0.364. The van der Waals surface area contributed by atoms with Gasteiger partial charge in [-0.15, -0.1) is 0 Å². The van der Waals surface area contributed by atoms with E-state index in [-0.39, 0.29) is 17.1 Å². The van der Waals surface area contributed by atoms with Crippen LogP contribution in [0, 0.1) is 5.82 Å². The molecule has 1 aliphatic heterocycles. The van der Waals surface area contributed by atoms with E-state index in [1.54, 1.807) is 19.9 Å². The van der Waals surface area contributed by atoms with E-state index in [0.29, 0.717) is 5.75 Å². The SMILES string of the molecule is CC(=O)c1ccc2c(c1F)OC(C)(C)O2. The molecule has 80 valence electrons. The monoisotopic (exact) mass is 210 g/mol. The van der Waals surface area contributed by atoms with E-state index in [1.165, 1.54) is 13.0 Å². The minimum absolute atomic E-state index is 0.0210. The van der Waals surface area contributed by atoms with Crippen molar-refractivity contribution in [2.45, 2.75) is 26.6 Å². The zero-order chi connectivity index (χ0) is 11.2. The molecule has 0 N–H and O–H groups in total. The lowest BCUT2D eigenvalue weighted by Gasteiger charge is -2.16. The fourth-order valence-corrected chi connectivity index (χ4v) is 1.52. The van der Waals surface area contributed by atoms with E-state index in [2.05, 4.69) is 0 Å². The smallest absolute Gasteiger partial charge is 0.246 e. The Balaban J connectivity index is 2.53. The molecule has 0 aliphatic carbocycles. The largest absolute Gasteiger partial charge is 0.449 e. The van der Waals surface area contributed by atoms with Crippen LogP contribution in [0.1, 0.15) is 31.1 Å². The number of rotatable bonds is 1. The predicted molar refractivity (Wildman–Crippen MR) is 51.7 cm³/mol. The molecular weight excluding hydrogens is 199 g/mol. The summed E-state index contributed by atoms with van der Waals surface area (Å²) in [6, 6.07) is 2.95. The minimum atomic E-state index is -0.876. The lowest BCUT2D eigenvalue weighted by Crippen LogP contribution is -2.29. The van der Waals surface area contributed by atoms with Gasteiger partial charge in [0.05, 0.1) is 5.56 Å². The van der Waals surface area contributed by atoms with Crippen LogP contribution in [0.4, 0.5) is 4.39 Å². The molecule has 2 rings (SSSR count). The van der Waals surface area contributed by atoms with Crippen molar-refractivity contribution in [3.05, 3.63) is 23.5 Å². The number of halogens is 1. The van der Waals surface area contributed by atoms with Gasteiger partial charge in [0.25, 0.3) is 0 Å². The first-order chi connectivity index (χ1) is 6.91. The van der Waals surface area contributed by atoms with E-state index >= 15 is 0 Å².